The van der Waals surface area contributed by atoms with Gasteiger partial charge in [0.2, 0.25) is 0 Å². The lowest BCUT2D eigenvalue weighted by atomic mass is 10.2. The summed E-state index contributed by atoms with van der Waals surface area (Å²) in [6, 6.07) is 12.6. The number of hydrazone groups is 1. The van der Waals surface area contributed by atoms with Crippen molar-refractivity contribution < 1.29 is 4.74 Å². The molecule has 0 unspecified atom stereocenters. The van der Waals surface area contributed by atoms with Gasteiger partial charge in [-0.2, -0.15) is 5.10 Å². The van der Waals surface area contributed by atoms with Gasteiger partial charge < -0.3 is 10.1 Å². The summed E-state index contributed by atoms with van der Waals surface area (Å²) in [5, 5.41) is 8.48. The van der Waals surface area contributed by atoms with E-state index in [0.717, 1.165) is 17.0 Å². The minimum atomic E-state index is 0.356. The van der Waals surface area contributed by atoms with Gasteiger partial charge in [-0.25, -0.2) is 0 Å². The summed E-state index contributed by atoms with van der Waals surface area (Å²) in [6.07, 6.45) is 1.57. The summed E-state index contributed by atoms with van der Waals surface area (Å²) in [5.41, 5.74) is 4.26. The molecule has 4 nitrogen and oxygen atoms in total. The third kappa shape index (κ3) is 4.87. The van der Waals surface area contributed by atoms with E-state index in [1.807, 2.05) is 24.3 Å². The van der Waals surface area contributed by atoms with Crippen LogP contribution in [0.15, 0.2) is 47.6 Å². The van der Waals surface area contributed by atoms with Crippen molar-refractivity contribution in [1.29, 1.82) is 0 Å². The Morgan fingerprint density at radius 1 is 1.23 bits per heavy atom. The van der Waals surface area contributed by atoms with Crippen molar-refractivity contribution in [3.8, 4) is 5.75 Å². The highest BCUT2D eigenvalue weighted by molar-refractivity contribution is 7.80. The molecule has 22 heavy (non-hydrogen) atoms. The van der Waals surface area contributed by atoms with Crippen LogP contribution in [0.5, 0.6) is 5.75 Å². The fourth-order valence-corrected chi connectivity index (χ4v) is 2.25. The molecule has 0 aliphatic carbocycles. The second kappa shape index (κ2) is 7.98. The standard InChI is InChI=1S/C15H13Cl2N3OS/c1-21-13-4-2-3-12(8-13)19-15(22)20-18-9-10-5-6-11(16)7-14(10)17/h2-9H,1H3,(H2,19,20,22)/b18-9-. The van der Waals surface area contributed by atoms with Crippen LogP contribution >= 0.6 is 35.4 Å². The SMILES string of the molecule is COc1cccc(NC(=S)N/N=C\c2ccc(Cl)cc2Cl)c1. The predicted octanol–water partition coefficient (Wildman–Crippen LogP) is 4.32. The summed E-state index contributed by atoms with van der Waals surface area (Å²) in [6.45, 7) is 0. The number of rotatable bonds is 4. The van der Waals surface area contributed by atoms with E-state index >= 15 is 0 Å². The molecule has 0 bridgehead atoms. The molecule has 0 aliphatic heterocycles. The lowest BCUT2D eigenvalue weighted by Gasteiger charge is -2.08. The first-order chi connectivity index (χ1) is 10.6. The fourth-order valence-electron chi connectivity index (χ4n) is 1.63. The van der Waals surface area contributed by atoms with Crippen LogP contribution in [-0.4, -0.2) is 18.4 Å². The second-order valence-electron chi connectivity index (χ2n) is 4.22. The Balaban J connectivity index is 1.93. The summed E-state index contributed by atoms with van der Waals surface area (Å²) >= 11 is 17.0. The molecule has 2 aromatic rings. The Bertz CT molecular complexity index is 707. The number of anilines is 1. The maximum Gasteiger partial charge on any atom is 0.191 e. The molecule has 2 aromatic carbocycles. The first-order valence-corrected chi connectivity index (χ1v) is 7.44. The lowest BCUT2D eigenvalue weighted by molar-refractivity contribution is 0.415. The Labute approximate surface area is 144 Å². The minimum Gasteiger partial charge on any atom is -0.497 e. The van der Waals surface area contributed by atoms with Gasteiger partial charge in [-0.15, -0.1) is 0 Å². The monoisotopic (exact) mass is 353 g/mol. The Kier molecular flexibility index (Phi) is 6.00. The van der Waals surface area contributed by atoms with E-state index in [1.165, 1.54) is 0 Å². The number of hydrogen-bond acceptors (Lipinski definition) is 3. The molecule has 0 amide bonds. The van der Waals surface area contributed by atoms with E-state index in [9.17, 15) is 0 Å². The quantitative estimate of drug-likeness (QED) is 0.488. The van der Waals surface area contributed by atoms with Crippen LogP contribution in [0.4, 0.5) is 5.69 Å². The zero-order valence-electron chi connectivity index (χ0n) is 11.6. The number of nitrogens with zero attached hydrogens (tertiary/aromatic N) is 1. The summed E-state index contributed by atoms with van der Waals surface area (Å²) < 4.78 is 5.14. The smallest absolute Gasteiger partial charge is 0.191 e. The van der Waals surface area contributed by atoms with Crippen LogP contribution in [0, 0.1) is 0 Å². The molecule has 2 N–H and O–H groups in total. The van der Waals surface area contributed by atoms with Crippen LogP contribution in [0.25, 0.3) is 0 Å². The molecule has 0 fully saturated rings. The Hall–Kier alpha value is -1.82. The first kappa shape index (κ1) is 16.5. The number of ether oxygens (including phenoxy) is 1. The highest BCUT2D eigenvalue weighted by atomic mass is 35.5. The van der Waals surface area contributed by atoms with E-state index in [0.29, 0.717) is 15.2 Å². The molecule has 0 aliphatic rings. The molecule has 0 radical (unpaired) electrons. The van der Waals surface area contributed by atoms with Crippen molar-refractivity contribution >= 4 is 52.4 Å². The number of nitrogens with one attached hydrogen (secondary N) is 2. The van der Waals surface area contributed by atoms with Crippen molar-refractivity contribution in [1.82, 2.24) is 5.43 Å². The summed E-state index contributed by atoms with van der Waals surface area (Å²) in [4.78, 5) is 0. The molecule has 0 aromatic heterocycles. The largest absolute Gasteiger partial charge is 0.497 e. The summed E-state index contributed by atoms with van der Waals surface area (Å²) in [7, 11) is 1.61. The maximum atomic E-state index is 6.04. The normalized spacial score (nSPS) is 10.5. The van der Waals surface area contributed by atoms with Crippen LogP contribution in [0.2, 0.25) is 10.0 Å². The molecule has 0 atom stereocenters. The van der Waals surface area contributed by atoms with Gasteiger partial charge in [0.1, 0.15) is 5.75 Å². The van der Waals surface area contributed by atoms with Crippen molar-refractivity contribution in [2.75, 3.05) is 12.4 Å². The second-order valence-corrected chi connectivity index (χ2v) is 5.47. The van der Waals surface area contributed by atoms with Crippen LogP contribution in [0.3, 0.4) is 0 Å². The van der Waals surface area contributed by atoms with E-state index in [2.05, 4.69) is 15.8 Å². The molecule has 2 rings (SSSR count). The predicted molar refractivity (Wildman–Crippen MR) is 96.4 cm³/mol. The highest BCUT2D eigenvalue weighted by Gasteiger charge is 2.00. The zero-order valence-corrected chi connectivity index (χ0v) is 14.0. The summed E-state index contributed by atoms with van der Waals surface area (Å²) in [5.74, 6) is 0.740. The highest BCUT2D eigenvalue weighted by Crippen LogP contribution is 2.19. The number of methoxy groups -OCH3 is 1. The van der Waals surface area contributed by atoms with Gasteiger partial charge in [0.05, 0.1) is 18.3 Å². The minimum absolute atomic E-state index is 0.356. The molecule has 0 saturated carbocycles. The number of hydrogen-bond donors (Lipinski definition) is 2. The van der Waals surface area contributed by atoms with Gasteiger partial charge in [0.15, 0.2) is 5.11 Å². The molecule has 0 spiro atoms. The van der Waals surface area contributed by atoms with E-state index in [1.54, 1.807) is 31.5 Å². The third-order valence-electron chi connectivity index (χ3n) is 2.66. The van der Waals surface area contributed by atoms with Crippen molar-refractivity contribution in [2.45, 2.75) is 0 Å². The fraction of sp³-hybridized carbons (Fsp3) is 0.0667. The van der Waals surface area contributed by atoms with E-state index in [-0.39, 0.29) is 0 Å². The number of halogens is 2. The number of benzene rings is 2. The van der Waals surface area contributed by atoms with Gasteiger partial charge in [0.25, 0.3) is 0 Å². The van der Waals surface area contributed by atoms with Gasteiger partial charge in [-0.3, -0.25) is 5.43 Å². The molecule has 0 heterocycles. The average Bonchev–Trinajstić information content (AvgIpc) is 2.49. The molecular formula is C15H13Cl2N3OS. The maximum absolute atomic E-state index is 6.04. The van der Waals surface area contributed by atoms with Gasteiger partial charge in [0, 0.05) is 22.3 Å². The Morgan fingerprint density at radius 2 is 2.05 bits per heavy atom. The van der Waals surface area contributed by atoms with Crippen molar-refractivity contribution in [2.24, 2.45) is 5.10 Å². The van der Waals surface area contributed by atoms with E-state index < -0.39 is 0 Å². The van der Waals surface area contributed by atoms with E-state index in [4.69, 9.17) is 40.2 Å². The van der Waals surface area contributed by atoms with Crippen LogP contribution < -0.4 is 15.5 Å². The number of thiocarbonyl (C=S) groups is 1. The third-order valence-corrected chi connectivity index (χ3v) is 3.42. The molecule has 114 valence electrons. The molecule has 7 heteroatoms. The zero-order chi connectivity index (χ0) is 15.9. The van der Waals surface area contributed by atoms with Crippen molar-refractivity contribution in [3.05, 3.63) is 58.1 Å². The average molecular weight is 354 g/mol. The van der Waals surface area contributed by atoms with Crippen LogP contribution in [-0.2, 0) is 0 Å². The Morgan fingerprint density at radius 3 is 2.77 bits per heavy atom. The van der Waals surface area contributed by atoms with Gasteiger partial charge in [-0.05, 0) is 36.5 Å². The van der Waals surface area contributed by atoms with Gasteiger partial charge in [-0.1, -0.05) is 35.3 Å². The van der Waals surface area contributed by atoms with Gasteiger partial charge >= 0.3 is 0 Å². The molecule has 0 saturated heterocycles. The first-order valence-electron chi connectivity index (χ1n) is 6.27. The topological polar surface area (TPSA) is 45.6 Å². The lowest BCUT2D eigenvalue weighted by Crippen LogP contribution is -2.23. The molecular weight excluding hydrogens is 341 g/mol. The van der Waals surface area contributed by atoms with Crippen molar-refractivity contribution in [3.63, 3.8) is 0 Å². The van der Waals surface area contributed by atoms with Crippen LogP contribution in [0.1, 0.15) is 5.56 Å².